The summed E-state index contributed by atoms with van der Waals surface area (Å²) in [6.07, 6.45) is 2.74. The molecule has 190 valence electrons. The molecule has 2 bridgehead atoms. The summed E-state index contributed by atoms with van der Waals surface area (Å²) in [7, 11) is 1.98. The van der Waals surface area contributed by atoms with Crippen LogP contribution in [0, 0.1) is 5.92 Å². The van der Waals surface area contributed by atoms with Crippen molar-refractivity contribution in [2.24, 2.45) is 13.0 Å². The molecule has 3 atom stereocenters. The molecule has 1 N–H and O–H groups in total. The third-order valence-electron chi connectivity index (χ3n) is 7.18. The van der Waals surface area contributed by atoms with Crippen LogP contribution in [0.2, 0.25) is 0 Å². The topological polar surface area (TPSA) is 85.6 Å². The molecule has 2 aliphatic heterocycles. The number of ether oxygens (including phenoxy) is 1. The number of carbonyl (C=O) groups excluding carboxylic acids is 2. The fourth-order valence-electron chi connectivity index (χ4n) is 5.75. The molecule has 0 unspecified atom stereocenters. The first-order valence-electron chi connectivity index (χ1n) is 12.6. The number of amides is 2. The van der Waals surface area contributed by atoms with Crippen LogP contribution < -0.4 is 10.9 Å². The average molecular weight is 491 g/mol. The van der Waals surface area contributed by atoms with E-state index in [-0.39, 0.29) is 23.3 Å². The van der Waals surface area contributed by atoms with Gasteiger partial charge in [0.05, 0.1) is 0 Å². The second-order valence-corrected chi connectivity index (χ2v) is 11.1. The van der Waals surface area contributed by atoms with Crippen LogP contribution in [0.15, 0.2) is 53.5 Å². The minimum atomic E-state index is -0.762. The summed E-state index contributed by atoms with van der Waals surface area (Å²) in [4.78, 5) is 41.0. The molecule has 0 saturated carbocycles. The van der Waals surface area contributed by atoms with E-state index in [1.807, 2.05) is 57.6 Å². The van der Waals surface area contributed by atoms with Crippen LogP contribution in [0.4, 0.5) is 4.79 Å². The van der Waals surface area contributed by atoms with Crippen LogP contribution in [0.25, 0.3) is 10.9 Å². The molecular weight excluding hydrogens is 456 g/mol. The van der Waals surface area contributed by atoms with Crippen LogP contribution in [-0.4, -0.2) is 50.8 Å². The van der Waals surface area contributed by atoms with Crippen molar-refractivity contribution in [2.45, 2.75) is 57.7 Å². The Hall–Kier alpha value is -3.55. The zero-order valence-corrected chi connectivity index (χ0v) is 21.4. The number of pyridine rings is 1. The van der Waals surface area contributed by atoms with Crippen molar-refractivity contribution in [2.75, 3.05) is 13.1 Å². The largest absolute Gasteiger partial charge is 0.444 e. The van der Waals surface area contributed by atoms with Gasteiger partial charge in [0.25, 0.3) is 5.56 Å². The lowest BCUT2D eigenvalue weighted by Crippen LogP contribution is -2.55. The number of aromatic nitrogens is 2. The maximum Gasteiger partial charge on any atom is 0.408 e. The molecular formula is C28H34N4O4. The number of piperidine rings is 1. The van der Waals surface area contributed by atoms with E-state index in [1.165, 1.54) is 0 Å². The average Bonchev–Trinajstić information content (AvgIpc) is 3.13. The zero-order valence-electron chi connectivity index (χ0n) is 21.4. The highest BCUT2D eigenvalue weighted by Crippen LogP contribution is 2.35. The number of fused-ring (bicyclic) bond motifs is 5. The van der Waals surface area contributed by atoms with Gasteiger partial charge in [-0.15, -0.1) is 0 Å². The van der Waals surface area contributed by atoms with E-state index in [4.69, 9.17) is 4.74 Å². The Morgan fingerprint density at radius 3 is 2.64 bits per heavy atom. The van der Waals surface area contributed by atoms with Gasteiger partial charge >= 0.3 is 6.09 Å². The molecule has 1 saturated heterocycles. The molecule has 2 amide bonds. The third-order valence-corrected chi connectivity index (χ3v) is 7.18. The number of benzene rings is 1. The zero-order chi connectivity index (χ0) is 25.6. The molecule has 0 spiro atoms. The first-order chi connectivity index (χ1) is 17.1. The Labute approximate surface area is 210 Å². The number of likely N-dealkylation sites (tertiary alicyclic amines) is 1. The fourth-order valence-corrected chi connectivity index (χ4v) is 5.75. The second kappa shape index (κ2) is 9.15. The van der Waals surface area contributed by atoms with Gasteiger partial charge in [-0.2, -0.15) is 0 Å². The highest BCUT2D eigenvalue weighted by molar-refractivity contribution is 5.89. The molecule has 1 aromatic carbocycles. The number of aryl methyl sites for hydroxylation is 1. The summed E-state index contributed by atoms with van der Waals surface area (Å²) >= 11 is 0. The SMILES string of the molecule is Cn1cc(C[C@@H](NC(=O)OC(C)(C)C)C(=O)N2C[C@@H]3C[C@H](C2)c2cccc(=O)n2C3)c2ccccc21. The predicted octanol–water partition coefficient (Wildman–Crippen LogP) is 3.42. The number of nitrogens with zero attached hydrogens (tertiary/aromatic N) is 3. The molecule has 2 aromatic heterocycles. The lowest BCUT2D eigenvalue weighted by atomic mass is 9.83. The lowest BCUT2D eigenvalue weighted by Gasteiger charge is -2.43. The van der Waals surface area contributed by atoms with Gasteiger partial charge in [0.15, 0.2) is 0 Å². The molecule has 1 fully saturated rings. The molecule has 36 heavy (non-hydrogen) atoms. The summed E-state index contributed by atoms with van der Waals surface area (Å²) in [5.41, 5.74) is 2.41. The second-order valence-electron chi connectivity index (χ2n) is 11.1. The Kier molecular flexibility index (Phi) is 6.14. The molecule has 4 heterocycles. The minimum absolute atomic E-state index is 0.0161. The number of para-hydroxylation sites is 1. The summed E-state index contributed by atoms with van der Waals surface area (Å²) in [5.74, 6) is 0.199. The van der Waals surface area contributed by atoms with Crippen molar-refractivity contribution < 1.29 is 14.3 Å². The van der Waals surface area contributed by atoms with Crippen LogP contribution in [-0.2, 0) is 29.5 Å². The van der Waals surface area contributed by atoms with Crippen molar-refractivity contribution in [3.05, 3.63) is 70.3 Å². The van der Waals surface area contributed by atoms with Crippen LogP contribution in [0.5, 0.6) is 0 Å². The van der Waals surface area contributed by atoms with Gasteiger partial charge in [0, 0.05) is 67.9 Å². The monoisotopic (exact) mass is 490 g/mol. The molecule has 8 heteroatoms. The number of nitrogens with one attached hydrogen (secondary N) is 1. The summed E-state index contributed by atoms with van der Waals surface area (Å²) in [6, 6.07) is 12.7. The van der Waals surface area contributed by atoms with Crippen molar-refractivity contribution in [3.63, 3.8) is 0 Å². The lowest BCUT2D eigenvalue weighted by molar-refractivity contribution is -0.136. The number of alkyl carbamates (subject to hydrolysis) is 1. The highest BCUT2D eigenvalue weighted by atomic mass is 16.6. The van der Waals surface area contributed by atoms with E-state index in [0.29, 0.717) is 26.1 Å². The maximum absolute atomic E-state index is 13.9. The van der Waals surface area contributed by atoms with E-state index in [2.05, 4.69) is 5.32 Å². The van der Waals surface area contributed by atoms with E-state index in [1.54, 1.807) is 32.9 Å². The molecule has 0 radical (unpaired) electrons. The van der Waals surface area contributed by atoms with Crippen LogP contribution >= 0.6 is 0 Å². The van der Waals surface area contributed by atoms with Gasteiger partial charge < -0.3 is 24.1 Å². The van der Waals surface area contributed by atoms with Crippen molar-refractivity contribution >= 4 is 22.9 Å². The van der Waals surface area contributed by atoms with Gasteiger partial charge in [0.1, 0.15) is 11.6 Å². The normalized spacial score (nSPS) is 20.1. The Balaban J connectivity index is 1.42. The molecule has 5 rings (SSSR count). The van der Waals surface area contributed by atoms with E-state index in [9.17, 15) is 14.4 Å². The van der Waals surface area contributed by atoms with Crippen LogP contribution in [0.3, 0.4) is 0 Å². The number of hydrogen-bond acceptors (Lipinski definition) is 4. The predicted molar refractivity (Wildman–Crippen MR) is 138 cm³/mol. The maximum atomic E-state index is 13.9. The Morgan fingerprint density at radius 1 is 1.08 bits per heavy atom. The van der Waals surface area contributed by atoms with Gasteiger partial charge in [0.2, 0.25) is 5.91 Å². The van der Waals surface area contributed by atoms with Gasteiger partial charge in [-0.3, -0.25) is 9.59 Å². The molecule has 2 aliphatic rings. The fraction of sp³-hybridized carbons (Fsp3) is 0.464. The van der Waals surface area contributed by atoms with Gasteiger partial charge in [-0.05, 0) is 50.8 Å². The third kappa shape index (κ3) is 4.76. The van der Waals surface area contributed by atoms with E-state index < -0.39 is 17.7 Å². The van der Waals surface area contributed by atoms with E-state index >= 15 is 0 Å². The standard InChI is InChI=1S/C28H34N4O4/c1-28(2,3)36-27(35)29-22(13-19-16-30(4)24-9-6-5-8-21(19)24)26(34)31-14-18-12-20(17-31)23-10-7-11-25(33)32(23)15-18/h5-11,16,18,20,22H,12-15,17H2,1-4H3,(H,29,35)/t18-,20+,22+/m0/s1. The van der Waals surface area contributed by atoms with Gasteiger partial charge in [-0.25, -0.2) is 4.79 Å². The first kappa shape index (κ1) is 24.2. The van der Waals surface area contributed by atoms with Crippen molar-refractivity contribution in [3.8, 4) is 0 Å². The Bertz CT molecular complexity index is 1370. The number of carbonyl (C=O) groups is 2. The van der Waals surface area contributed by atoms with Crippen molar-refractivity contribution in [1.29, 1.82) is 0 Å². The number of hydrogen-bond donors (Lipinski definition) is 1. The van der Waals surface area contributed by atoms with Crippen LogP contribution in [0.1, 0.15) is 44.4 Å². The summed E-state index contributed by atoms with van der Waals surface area (Å²) in [6.45, 7) is 7.12. The first-order valence-corrected chi connectivity index (χ1v) is 12.6. The summed E-state index contributed by atoms with van der Waals surface area (Å²) in [5, 5.41) is 3.93. The molecule has 0 aliphatic carbocycles. The highest BCUT2D eigenvalue weighted by Gasteiger charge is 2.39. The minimum Gasteiger partial charge on any atom is -0.444 e. The Morgan fingerprint density at radius 2 is 1.86 bits per heavy atom. The molecule has 8 nitrogen and oxygen atoms in total. The van der Waals surface area contributed by atoms with Gasteiger partial charge in [-0.1, -0.05) is 24.3 Å². The quantitative estimate of drug-likeness (QED) is 0.607. The molecule has 3 aromatic rings. The number of rotatable bonds is 4. The van der Waals surface area contributed by atoms with E-state index in [0.717, 1.165) is 28.6 Å². The van der Waals surface area contributed by atoms with Crippen molar-refractivity contribution in [1.82, 2.24) is 19.4 Å². The summed E-state index contributed by atoms with van der Waals surface area (Å²) < 4.78 is 9.40. The smallest absolute Gasteiger partial charge is 0.408 e.